The second-order valence-electron chi connectivity index (χ2n) is 6.92. The van der Waals surface area contributed by atoms with Crippen LogP contribution in [0.5, 0.6) is 0 Å². The topological polar surface area (TPSA) is 20.2 Å². The molecule has 0 aliphatic heterocycles. The lowest BCUT2D eigenvalue weighted by Crippen LogP contribution is -2.13. The number of hydrogen-bond donors (Lipinski definition) is 1. The van der Waals surface area contributed by atoms with Crippen molar-refractivity contribution >= 4 is 0 Å². The quantitative estimate of drug-likeness (QED) is 0.644. The maximum atomic E-state index is 8.89. The van der Waals surface area contributed by atoms with Crippen LogP contribution in [-0.2, 0) is 0 Å². The Balaban J connectivity index is -0.0000000896. The third-order valence-electron chi connectivity index (χ3n) is 1.91. The molecule has 1 nitrogen and oxygen atoms in total. The third kappa shape index (κ3) is 38.7. The predicted octanol–water partition coefficient (Wildman–Crippen LogP) is 5.91. The van der Waals surface area contributed by atoms with Crippen molar-refractivity contribution in [2.24, 2.45) is 10.8 Å². The van der Waals surface area contributed by atoms with Gasteiger partial charge in [-0.15, -0.1) is 0 Å². The molecule has 1 unspecified atom stereocenters. The van der Waals surface area contributed by atoms with Crippen LogP contribution in [0.1, 0.15) is 89.5 Å². The molecule has 0 aliphatic carbocycles. The van der Waals surface area contributed by atoms with Crippen LogP contribution < -0.4 is 0 Å². The van der Waals surface area contributed by atoms with Gasteiger partial charge in [0, 0.05) is 0 Å². The smallest absolute Gasteiger partial charge is 0.0517 e. The number of aliphatic hydroxyl groups is 1. The molecule has 0 heterocycles. The SMILES string of the molecule is C.C.CC(O)CC(C)(C)C.CCCC(C)(C)C. The van der Waals surface area contributed by atoms with Crippen LogP contribution in [-0.4, -0.2) is 11.2 Å². The lowest BCUT2D eigenvalue weighted by atomic mass is 9.90. The third-order valence-corrected chi connectivity index (χ3v) is 1.91. The highest BCUT2D eigenvalue weighted by molar-refractivity contribution is 4.63. The fourth-order valence-corrected chi connectivity index (χ4v) is 1.64. The van der Waals surface area contributed by atoms with Crippen molar-refractivity contribution in [3.8, 4) is 0 Å². The highest BCUT2D eigenvalue weighted by Gasteiger charge is 2.12. The van der Waals surface area contributed by atoms with Crippen molar-refractivity contribution in [3.63, 3.8) is 0 Å². The average Bonchev–Trinajstić information content (AvgIpc) is 1.77. The lowest BCUT2D eigenvalue weighted by Gasteiger charge is -2.19. The summed E-state index contributed by atoms with van der Waals surface area (Å²) < 4.78 is 0. The van der Waals surface area contributed by atoms with Crippen molar-refractivity contribution in [2.45, 2.75) is 95.6 Å². The van der Waals surface area contributed by atoms with Gasteiger partial charge in [0.2, 0.25) is 0 Å². The van der Waals surface area contributed by atoms with Gasteiger partial charge in [0.15, 0.2) is 0 Å². The van der Waals surface area contributed by atoms with E-state index < -0.39 is 0 Å². The molecule has 0 aliphatic rings. The molecule has 1 atom stereocenters. The van der Waals surface area contributed by atoms with Gasteiger partial charge in [-0.3, -0.25) is 0 Å². The van der Waals surface area contributed by atoms with Crippen molar-refractivity contribution in [1.29, 1.82) is 0 Å². The molecule has 1 N–H and O–H groups in total. The van der Waals surface area contributed by atoms with Gasteiger partial charge in [-0.25, -0.2) is 0 Å². The molecule has 0 bridgehead atoms. The van der Waals surface area contributed by atoms with Gasteiger partial charge in [-0.05, 0) is 30.6 Å². The summed E-state index contributed by atoms with van der Waals surface area (Å²) in [7, 11) is 0. The Morgan fingerprint density at radius 1 is 0.882 bits per heavy atom. The molecule has 0 aromatic carbocycles. The Bertz CT molecular complexity index is 135. The van der Waals surface area contributed by atoms with Crippen LogP contribution >= 0.6 is 0 Å². The molecule has 0 saturated heterocycles. The Labute approximate surface area is 112 Å². The minimum Gasteiger partial charge on any atom is -0.393 e. The van der Waals surface area contributed by atoms with Gasteiger partial charge in [0.05, 0.1) is 6.10 Å². The molecule has 17 heavy (non-hydrogen) atoms. The summed E-state index contributed by atoms with van der Waals surface area (Å²) in [6, 6.07) is 0. The monoisotopic (exact) mass is 248 g/mol. The summed E-state index contributed by atoms with van der Waals surface area (Å²) in [6.07, 6.45) is 3.37. The standard InChI is InChI=1S/C7H16O.C7H16.2CH4/c1-6(8)5-7(2,3)4;1-5-6-7(2,3)4;;/h6,8H,5H2,1-4H3;5-6H2,1-4H3;2*1H4. The lowest BCUT2D eigenvalue weighted by molar-refractivity contribution is 0.138. The van der Waals surface area contributed by atoms with E-state index in [-0.39, 0.29) is 26.4 Å². The van der Waals surface area contributed by atoms with E-state index in [2.05, 4.69) is 48.5 Å². The molecule has 0 amide bonds. The van der Waals surface area contributed by atoms with E-state index in [0.29, 0.717) is 5.41 Å². The van der Waals surface area contributed by atoms with E-state index in [4.69, 9.17) is 5.11 Å². The second-order valence-corrected chi connectivity index (χ2v) is 6.92. The normalized spacial score (nSPS) is 12.5. The molecule has 0 radical (unpaired) electrons. The molecule has 0 aromatic rings. The number of aliphatic hydroxyl groups excluding tert-OH is 1. The minimum atomic E-state index is -0.157. The second kappa shape index (κ2) is 11.1. The Morgan fingerprint density at radius 3 is 1.24 bits per heavy atom. The van der Waals surface area contributed by atoms with Gasteiger partial charge < -0.3 is 5.11 Å². The van der Waals surface area contributed by atoms with E-state index >= 15 is 0 Å². The van der Waals surface area contributed by atoms with E-state index in [1.807, 2.05) is 6.92 Å². The fourth-order valence-electron chi connectivity index (χ4n) is 1.64. The largest absolute Gasteiger partial charge is 0.393 e. The molecule has 0 rings (SSSR count). The highest BCUT2D eigenvalue weighted by atomic mass is 16.3. The molecule has 1 heteroatoms. The first-order chi connectivity index (χ1) is 6.48. The molecule has 110 valence electrons. The highest BCUT2D eigenvalue weighted by Crippen LogP contribution is 2.20. The van der Waals surface area contributed by atoms with Crippen LogP contribution in [0.4, 0.5) is 0 Å². The van der Waals surface area contributed by atoms with Crippen molar-refractivity contribution in [1.82, 2.24) is 0 Å². The Morgan fingerprint density at radius 2 is 1.24 bits per heavy atom. The summed E-state index contributed by atoms with van der Waals surface area (Å²) in [5.41, 5.74) is 0.822. The van der Waals surface area contributed by atoms with Crippen molar-refractivity contribution in [2.75, 3.05) is 0 Å². The van der Waals surface area contributed by atoms with Gasteiger partial charge in [-0.1, -0.05) is 69.7 Å². The van der Waals surface area contributed by atoms with E-state index in [9.17, 15) is 0 Å². The summed E-state index contributed by atoms with van der Waals surface area (Å²) in [5.74, 6) is 0. The van der Waals surface area contributed by atoms with Gasteiger partial charge in [0.1, 0.15) is 0 Å². The van der Waals surface area contributed by atoms with Crippen molar-refractivity contribution in [3.05, 3.63) is 0 Å². The minimum absolute atomic E-state index is 0. The van der Waals surface area contributed by atoms with Gasteiger partial charge >= 0.3 is 0 Å². The first-order valence-corrected chi connectivity index (χ1v) is 6.16. The fraction of sp³-hybridized carbons (Fsp3) is 1.00. The molecular formula is C16H40O. The zero-order valence-corrected chi connectivity index (χ0v) is 12.1. The van der Waals surface area contributed by atoms with E-state index in [1.54, 1.807) is 0 Å². The maximum Gasteiger partial charge on any atom is 0.0517 e. The molecular weight excluding hydrogens is 208 g/mol. The van der Waals surface area contributed by atoms with Crippen LogP contribution in [0, 0.1) is 10.8 Å². The first-order valence-electron chi connectivity index (χ1n) is 6.16. The molecule has 0 aromatic heterocycles. The van der Waals surface area contributed by atoms with Crippen molar-refractivity contribution < 1.29 is 5.11 Å². The van der Waals surface area contributed by atoms with E-state index in [1.165, 1.54) is 12.8 Å². The molecule has 0 spiro atoms. The predicted molar refractivity (Wildman–Crippen MR) is 83.6 cm³/mol. The Kier molecular flexibility index (Phi) is 16.8. The summed E-state index contributed by atoms with van der Waals surface area (Å²) in [6.45, 7) is 17.2. The number of hydrogen-bond acceptors (Lipinski definition) is 1. The van der Waals surface area contributed by atoms with E-state index in [0.717, 1.165) is 6.42 Å². The molecule has 0 saturated carbocycles. The van der Waals surface area contributed by atoms with Crippen LogP contribution in [0.2, 0.25) is 0 Å². The van der Waals surface area contributed by atoms with Crippen LogP contribution in [0.15, 0.2) is 0 Å². The maximum absolute atomic E-state index is 8.89. The summed E-state index contributed by atoms with van der Waals surface area (Å²) in [5, 5.41) is 8.89. The van der Waals surface area contributed by atoms with Crippen LogP contribution in [0.3, 0.4) is 0 Å². The molecule has 0 fully saturated rings. The zero-order valence-electron chi connectivity index (χ0n) is 12.1. The number of rotatable bonds is 2. The Hall–Kier alpha value is -0.0400. The first kappa shape index (κ1) is 25.7. The average molecular weight is 248 g/mol. The summed E-state index contributed by atoms with van der Waals surface area (Å²) >= 11 is 0. The van der Waals surface area contributed by atoms with Gasteiger partial charge in [0.25, 0.3) is 0 Å². The van der Waals surface area contributed by atoms with Crippen LogP contribution in [0.25, 0.3) is 0 Å². The zero-order chi connectivity index (χ0) is 12.7. The van der Waals surface area contributed by atoms with Gasteiger partial charge in [-0.2, -0.15) is 0 Å². The summed E-state index contributed by atoms with van der Waals surface area (Å²) in [4.78, 5) is 0.